The monoisotopic (exact) mass is 562 g/mol. The molecule has 4 rings (SSSR count). The lowest BCUT2D eigenvalue weighted by atomic mass is 9.93. The summed E-state index contributed by atoms with van der Waals surface area (Å²) in [7, 11) is 0. The molecular formula is C26H22F4N4O6. The summed E-state index contributed by atoms with van der Waals surface area (Å²) < 4.78 is 67.2. The number of primary amides is 1. The lowest BCUT2D eigenvalue weighted by molar-refractivity contribution is -0.265. The number of rotatable bonds is 9. The molecule has 0 saturated carbocycles. The maximum atomic E-state index is 14.4. The Morgan fingerprint density at radius 2 is 1.85 bits per heavy atom. The number of ether oxygens (including phenoxy) is 1. The van der Waals surface area contributed by atoms with Crippen LogP contribution in [0.5, 0.6) is 5.75 Å². The van der Waals surface area contributed by atoms with E-state index in [1.165, 1.54) is 24.3 Å². The number of fused-ring (bicyclic) bond motifs is 1. The number of aromatic nitrogens is 2. The van der Waals surface area contributed by atoms with Crippen molar-refractivity contribution in [1.29, 1.82) is 0 Å². The second-order valence-corrected chi connectivity index (χ2v) is 8.69. The van der Waals surface area contributed by atoms with Crippen LogP contribution in [-0.2, 0) is 16.8 Å². The van der Waals surface area contributed by atoms with Crippen molar-refractivity contribution < 1.29 is 41.4 Å². The number of aromatic amines is 1. The number of alkyl halides is 3. The van der Waals surface area contributed by atoms with Crippen molar-refractivity contribution in [3.05, 3.63) is 81.7 Å². The van der Waals surface area contributed by atoms with Crippen LogP contribution in [0.4, 0.5) is 17.6 Å². The highest BCUT2D eigenvalue weighted by Crippen LogP contribution is 2.42. The number of amides is 2. The van der Waals surface area contributed by atoms with E-state index in [-0.39, 0.29) is 45.8 Å². The summed E-state index contributed by atoms with van der Waals surface area (Å²) in [5, 5.41) is 13.0. The minimum absolute atomic E-state index is 0.00283. The van der Waals surface area contributed by atoms with Crippen molar-refractivity contribution in [3.8, 4) is 17.0 Å². The number of carbonyl (C=O) groups excluding carboxylic acids is 2. The molecule has 0 aliphatic heterocycles. The number of nitrogens with one attached hydrogen (secondary N) is 2. The van der Waals surface area contributed by atoms with Crippen LogP contribution in [0.25, 0.3) is 22.4 Å². The fraction of sp³-hybridized carbons (Fsp3) is 0.231. The van der Waals surface area contributed by atoms with Crippen molar-refractivity contribution in [2.24, 2.45) is 5.73 Å². The molecular weight excluding hydrogens is 540 g/mol. The fourth-order valence-electron chi connectivity index (χ4n) is 3.96. The van der Waals surface area contributed by atoms with Crippen LogP contribution >= 0.6 is 0 Å². The lowest BCUT2D eigenvalue weighted by Crippen LogP contribution is -2.51. The van der Waals surface area contributed by atoms with Gasteiger partial charge in [0.2, 0.25) is 11.5 Å². The first kappa shape index (κ1) is 28.3. The van der Waals surface area contributed by atoms with Crippen LogP contribution in [0.15, 0.2) is 57.7 Å². The van der Waals surface area contributed by atoms with Gasteiger partial charge in [0, 0.05) is 16.7 Å². The van der Waals surface area contributed by atoms with E-state index in [1.54, 1.807) is 6.92 Å². The summed E-state index contributed by atoms with van der Waals surface area (Å²) in [5.41, 5.74) is 0.516. The zero-order valence-corrected chi connectivity index (χ0v) is 20.8. The molecule has 2 amide bonds. The average Bonchev–Trinajstić information content (AvgIpc) is 3.26. The Labute approximate surface area is 222 Å². The van der Waals surface area contributed by atoms with Gasteiger partial charge in [0.1, 0.15) is 17.3 Å². The molecule has 0 aliphatic carbocycles. The number of benzene rings is 2. The molecule has 2 aromatic heterocycles. The number of hydrogen-bond acceptors (Lipinski definition) is 7. The molecule has 4 aromatic rings. The Kier molecular flexibility index (Phi) is 7.64. The summed E-state index contributed by atoms with van der Waals surface area (Å²) in [6, 6.07) is 9.10. The number of H-pyrrole nitrogens is 1. The molecule has 0 bridgehead atoms. The molecule has 0 radical (unpaired) electrons. The van der Waals surface area contributed by atoms with Gasteiger partial charge in [-0.3, -0.25) is 14.6 Å². The van der Waals surface area contributed by atoms with Crippen molar-refractivity contribution >= 4 is 22.9 Å². The van der Waals surface area contributed by atoms with Crippen LogP contribution in [0.1, 0.15) is 28.5 Å². The van der Waals surface area contributed by atoms with Crippen LogP contribution < -0.4 is 21.5 Å². The van der Waals surface area contributed by atoms with Crippen molar-refractivity contribution in [2.75, 3.05) is 13.2 Å². The number of pyridine rings is 1. The van der Waals surface area contributed by atoms with Crippen LogP contribution in [-0.4, -0.2) is 46.2 Å². The Morgan fingerprint density at radius 1 is 1.15 bits per heavy atom. The summed E-state index contributed by atoms with van der Waals surface area (Å²) in [5.74, 6) is -3.41. The Bertz CT molecular complexity index is 1630. The molecule has 14 heteroatoms. The zero-order valence-electron chi connectivity index (χ0n) is 20.8. The van der Waals surface area contributed by atoms with Gasteiger partial charge in [0.15, 0.2) is 5.58 Å². The van der Waals surface area contributed by atoms with Gasteiger partial charge in [0.05, 0.1) is 30.8 Å². The standard InChI is InChI=1S/C26H22F4N4O6/c1-2-39-22-15(11-20(31)35)10-19(34-21(22)13-3-6-16(27)7-4-13)25(38,26(28,29)30)12-32-23(36)14-5-8-17-18(9-14)40-24(37)33-17/h3-10,38H,2,11-12H2,1H3,(H2,31,35)(H,32,36)(H,33,37)/t25-/m0/s1. The van der Waals surface area contributed by atoms with Crippen molar-refractivity contribution in [3.63, 3.8) is 0 Å². The molecule has 0 fully saturated rings. The van der Waals surface area contributed by atoms with Gasteiger partial charge in [-0.25, -0.2) is 14.2 Å². The van der Waals surface area contributed by atoms with Crippen LogP contribution in [0.2, 0.25) is 0 Å². The van der Waals surface area contributed by atoms with Gasteiger partial charge in [-0.2, -0.15) is 13.2 Å². The maximum Gasteiger partial charge on any atom is 0.424 e. The third kappa shape index (κ3) is 5.66. The zero-order chi connectivity index (χ0) is 29.2. The number of nitrogens with zero attached hydrogens (tertiary/aromatic N) is 1. The van der Waals surface area contributed by atoms with E-state index in [9.17, 15) is 37.1 Å². The SMILES string of the molecule is CCOc1c(CC(N)=O)cc([C@@](O)(CNC(=O)c2ccc3[nH]c(=O)oc3c2)C(F)(F)F)nc1-c1ccc(F)cc1. The smallest absolute Gasteiger partial charge is 0.424 e. The van der Waals surface area contributed by atoms with Gasteiger partial charge in [-0.1, -0.05) is 0 Å². The first-order valence-electron chi connectivity index (χ1n) is 11.7. The van der Waals surface area contributed by atoms with E-state index in [0.717, 1.165) is 24.3 Å². The van der Waals surface area contributed by atoms with Gasteiger partial charge in [0.25, 0.3) is 5.91 Å². The molecule has 2 aromatic carbocycles. The van der Waals surface area contributed by atoms with Gasteiger partial charge in [-0.15, -0.1) is 0 Å². The fourth-order valence-corrected chi connectivity index (χ4v) is 3.96. The van der Waals surface area contributed by atoms with Crippen LogP contribution in [0, 0.1) is 5.82 Å². The minimum atomic E-state index is -5.37. The second kappa shape index (κ2) is 10.8. The molecule has 0 saturated heterocycles. The molecule has 0 spiro atoms. The third-order valence-corrected chi connectivity index (χ3v) is 5.90. The van der Waals surface area contributed by atoms with E-state index in [4.69, 9.17) is 14.9 Å². The van der Waals surface area contributed by atoms with E-state index in [1.807, 2.05) is 5.32 Å². The highest BCUT2D eigenvalue weighted by molar-refractivity contribution is 5.97. The summed E-state index contributed by atoms with van der Waals surface area (Å²) >= 11 is 0. The van der Waals surface area contributed by atoms with Gasteiger partial charge < -0.3 is 25.3 Å². The number of nitrogens with two attached hydrogens (primary N) is 1. The highest BCUT2D eigenvalue weighted by atomic mass is 19.4. The molecule has 10 nitrogen and oxygen atoms in total. The Morgan fingerprint density at radius 3 is 2.48 bits per heavy atom. The molecule has 0 aliphatic rings. The van der Waals surface area contributed by atoms with E-state index < -0.39 is 53.8 Å². The van der Waals surface area contributed by atoms with E-state index in [2.05, 4.69) is 9.97 Å². The number of aliphatic hydroxyl groups is 1. The number of carbonyl (C=O) groups is 2. The topological polar surface area (TPSA) is 161 Å². The van der Waals surface area contributed by atoms with E-state index in [0.29, 0.717) is 0 Å². The summed E-state index contributed by atoms with van der Waals surface area (Å²) in [6.07, 6.45) is -5.94. The molecule has 40 heavy (non-hydrogen) atoms. The minimum Gasteiger partial charge on any atom is -0.491 e. The average molecular weight is 562 g/mol. The first-order valence-corrected chi connectivity index (χ1v) is 11.7. The second-order valence-electron chi connectivity index (χ2n) is 8.69. The maximum absolute atomic E-state index is 14.4. The first-order chi connectivity index (χ1) is 18.8. The summed E-state index contributed by atoms with van der Waals surface area (Å²) in [6.45, 7) is 0.241. The number of hydrogen-bond donors (Lipinski definition) is 4. The molecule has 5 N–H and O–H groups in total. The van der Waals surface area contributed by atoms with Crippen molar-refractivity contribution in [1.82, 2.24) is 15.3 Å². The highest BCUT2D eigenvalue weighted by Gasteiger charge is 2.56. The van der Waals surface area contributed by atoms with Gasteiger partial charge >= 0.3 is 11.9 Å². The molecule has 0 unspecified atom stereocenters. The van der Waals surface area contributed by atoms with Crippen LogP contribution in [0.3, 0.4) is 0 Å². The van der Waals surface area contributed by atoms with Crippen molar-refractivity contribution in [2.45, 2.75) is 25.1 Å². The predicted molar refractivity (Wildman–Crippen MR) is 133 cm³/mol. The van der Waals surface area contributed by atoms with E-state index >= 15 is 0 Å². The molecule has 2 heterocycles. The molecule has 210 valence electrons. The number of oxazole rings is 1. The normalized spacial score (nSPS) is 13.2. The quantitative estimate of drug-likeness (QED) is 0.228. The summed E-state index contributed by atoms with van der Waals surface area (Å²) in [4.78, 5) is 42.2. The molecule has 1 atom stereocenters. The Hall–Kier alpha value is -4.72. The number of halogens is 4. The van der Waals surface area contributed by atoms with Gasteiger partial charge in [-0.05, 0) is 55.5 Å². The third-order valence-electron chi connectivity index (χ3n) is 5.90. The predicted octanol–water partition coefficient (Wildman–Crippen LogP) is 2.93. The Balaban J connectivity index is 1.79. The lowest BCUT2D eigenvalue weighted by Gasteiger charge is -2.31. The largest absolute Gasteiger partial charge is 0.491 e.